The molecule has 0 radical (unpaired) electrons. The number of benzene rings is 3. The highest BCUT2D eigenvalue weighted by molar-refractivity contribution is 5.71. The van der Waals surface area contributed by atoms with Crippen LogP contribution in [0.2, 0.25) is 0 Å². The predicted octanol–water partition coefficient (Wildman–Crippen LogP) is 6.70. The second kappa shape index (κ2) is 9.20. The van der Waals surface area contributed by atoms with E-state index in [2.05, 4.69) is 6.92 Å². The van der Waals surface area contributed by atoms with Gasteiger partial charge in [0.25, 0.3) is 0 Å². The molecule has 0 bridgehead atoms. The summed E-state index contributed by atoms with van der Waals surface area (Å²) < 4.78 is 60.0. The lowest BCUT2D eigenvalue weighted by Crippen LogP contribution is -2.29. The molecule has 2 aliphatic rings. The van der Waals surface area contributed by atoms with Crippen LogP contribution in [-0.4, -0.2) is 25.9 Å². The third-order valence-electron chi connectivity index (χ3n) is 6.28. The summed E-state index contributed by atoms with van der Waals surface area (Å²) in [6.07, 6.45) is 1.64. The van der Waals surface area contributed by atoms with Gasteiger partial charge in [-0.3, -0.25) is 0 Å². The standard InChI is InChI=1S/C27H25F3O3/c1-16-2-8-20(31-13-16)14-32-24-11-7-19(12-23(24)28)17-3-5-18(6-4-17)21-9-10-22(25-15-33-25)27(30)26(21)29/h3-7,9-12,16,20,25H,2,8,13-15H2,1H3. The molecule has 0 N–H and O–H groups in total. The molecule has 0 saturated carbocycles. The smallest absolute Gasteiger partial charge is 0.167 e. The van der Waals surface area contributed by atoms with Crippen molar-refractivity contribution < 1.29 is 27.4 Å². The van der Waals surface area contributed by atoms with Crippen LogP contribution in [0, 0.1) is 23.4 Å². The zero-order chi connectivity index (χ0) is 22.9. The number of ether oxygens (including phenoxy) is 3. The Morgan fingerprint density at radius 3 is 2.21 bits per heavy atom. The van der Waals surface area contributed by atoms with Gasteiger partial charge in [0, 0.05) is 17.7 Å². The lowest BCUT2D eigenvalue weighted by atomic mass is 9.98. The van der Waals surface area contributed by atoms with Crippen LogP contribution in [0.15, 0.2) is 54.6 Å². The third kappa shape index (κ3) is 4.77. The summed E-state index contributed by atoms with van der Waals surface area (Å²) in [5, 5.41) is 0. The van der Waals surface area contributed by atoms with E-state index in [-0.39, 0.29) is 29.1 Å². The summed E-state index contributed by atoms with van der Waals surface area (Å²) >= 11 is 0. The van der Waals surface area contributed by atoms with Gasteiger partial charge in [-0.25, -0.2) is 13.2 Å². The predicted molar refractivity (Wildman–Crippen MR) is 120 cm³/mol. The van der Waals surface area contributed by atoms with E-state index in [4.69, 9.17) is 14.2 Å². The molecule has 3 atom stereocenters. The van der Waals surface area contributed by atoms with Crippen LogP contribution in [0.25, 0.3) is 22.3 Å². The number of hydrogen-bond acceptors (Lipinski definition) is 3. The molecular weight excluding hydrogens is 429 g/mol. The largest absolute Gasteiger partial charge is 0.488 e. The van der Waals surface area contributed by atoms with Gasteiger partial charge in [-0.2, -0.15) is 0 Å². The van der Waals surface area contributed by atoms with Crippen LogP contribution in [0.4, 0.5) is 13.2 Å². The van der Waals surface area contributed by atoms with Gasteiger partial charge in [0.2, 0.25) is 0 Å². The van der Waals surface area contributed by atoms with Crippen molar-refractivity contribution in [3.05, 3.63) is 77.6 Å². The minimum atomic E-state index is -0.889. The number of halogens is 3. The van der Waals surface area contributed by atoms with E-state index in [9.17, 15) is 13.2 Å². The monoisotopic (exact) mass is 454 g/mol. The Kier molecular flexibility index (Phi) is 6.13. The fourth-order valence-electron chi connectivity index (χ4n) is 4.15. The molecule has 6 heteroatoms. The Morgan fingerprint density at radius 2 is 1.55 bits per heavy atom. The molecule has 0 amide bonds. The van der Waals surface area contributed by atoms with Crippen molar-refractivity contribution in [1.29, 1.82) is 0 Å². The lowest BCUT2D eigenvalue weighted by molar-refractivity contribution is -0.0338. The van der Waals surface area contributed by atoms with Crippen LogP contribution < -0.4 is 4.74 Å². The molecule has 3 unspecified atom stereocenters. The highest BCUT2D eigenvalue weighted by Crippen LogP contribution is 2.36. The Bertz CT molecular complexity index is 1130. The molecule has 0 spiro atoms. The molecule has 3 nitrogen and oxygen atoms in total. The second-order valence-electron chi connectivity index (χ2n) is 8.82. The molecule has 0 aliphatic carbocycles. The molecule has 0 aromatic heterocycles. The van der Waals surface area contributed by atoms with Crippen LogP contribution in [0.1, 0.15) is 31.4 Å². The Hall–Kier alpha value is -2.83. The van der Waals surface area contributed by atoms with Gasteiger partial charge in [0.15, 0.2) is 23.2 Å². The first-order valence-electron chi connectivity index (χ1n) is 11.2. The molecule has 3 aromatic carbocycles. The summed E-state index contributed by atoms with van der Waals surface area (Å²) in [6.45, 7) is 3.60. The molecule has 3 aromatic rings. The summed E-state index contributed by atoms with van der Waals surface area (Å²) in [5.74, 6) is -1.47. The van der Waals surface area contributed by atoms with Crippen molar-refractivity contribution in [1.82, 2.24) is 0 Å². The van der Waals surface area contributed by atoms with Crippen molar-refractivity contribution in [2.24, 2.45) is 5.92 Å². The minimum absolute atomic E-state index is 0.0103. The Labute approximate surface area is 191 Å². The fourth-order valence-corrected chi connectivity index (χ4v) is 4.15. The minimum Gasteiger partial charge on any atom is -0.488 e. The summed E-state index contributed by atoms with van der Waals surface area (Å²) in [7, 11) is 0. The Morgan fingerprint density at radius 1 is 0.818 bits per heavy atom. The maximum absolute atomic E-state index is 14.6. The van der Waals surface area contributed by atoms with Crippen LogP contribution in [-0.2, 0) is 9.47 Å². The van der Waals surface area contributed by atoms with Gasteiger partial charge in [0.05, 0.1) is 12.7 Å². The number of epoxide rings is 1. The molecule has 2 aliphatic heterocycles. The molecule has 172 valence electrons. The molecule has 2 fully saturated rings. The van der Waals surface area contributed by atoms with E-state index in [1.165, 1.54) is 6.07 Å². The van der Waals surface area contributed by atoms with Crippen molar-refractivity contribution in [2.75, 3.05) is 19.8 Å². The molecule has 33 heavy (non-hydrogen) atoms. The summed E-state index contributed by atoms with van der Waals surface area (Å²) in [5.41, 5.74) is 2.40. The van der Waals surface area contributed by atoms with Gasteiger partial charge in [-0.1, -0.05) is 49.4 Å². The van der Waals surface area contributed by atoms with E-state index >= 15 is 0 Å². The average molecular weight is 454 g/mol. The van der Waals surface area contributed by atoms with Crippen LogP contribution >= 0.6 is 0 Å². The molecule has 2 heterocycles. The quantitative estimate of drug-likeness (QED) is 0.388. The van der Waals surface area contributed by atoms with Crippen LogP contribution in [0.5, 0.6) is 5.75 Å². The maximum atomic E-state index is 14.6. The lowest BCUT2D eigenvalue weighted by Gasteiger charge is -2.26. The second-order valence-corrected chi connectivity index (χ2v) is 8.82. The van der Waals surface area contributed by atoms with E-state index in [0.717, 1.165) is 18.4 Å². The van der Waals surface area contributed by atoms with Gasteiger partial charge in [-0.05, 0) is 47.6 Å². The van der Waals surface area contributed by atoms with Crippen molar-refractivity contribution in [2.45, 2.75) is 32.0 Å². The highest BCUT2D eigenvalue weighted by atomic mass is 19.2. The van der Waals surface area contributed by atoms with E-state index in [0.29, 0.717) is 36.9 Å². The topological polar surface area (TPSA) is 31.0 Å². The van der Waals surface area contributed by atoms with E-state index < -0.39 is 17.5 Å². The van der Waals surface area contributed by atoms with Gasteiger partial charge < -0.3 is 14.2 Å². The molecule has 2 saturated heterocycles. The SMILES string of the molecule is CC1CCC(COc2ccc(-c3ccc(-c4ccc(C5CO5)c(F)c4F)cc3)cc2F)OC1. The number of rotatable bonds is 6. The van der Waals surface area contributed by atoms with Crippen LogP contribution in [0.3, 0.4) is 0 Å². The van der Waals surface area contributed by atoms with Crippen molar-refractivity contribution in [3.63, 3.8) is 0 Å². The average Bonchev–Trinajstić information content (AvgIpc) is 3.67. The van der Waals surface area contributed by atoms with E-state index in [1.54, 1.807) is 48.5 Å². The Balaban J connectivity index is 1.28. The summed E-state index contributed by atoms with van der Waals surface area (Å²) in [4.78, 5) is 0. The van der Waals surface area contributed by atoms with Gasteiger partial charge in [0.1, 0.15) is 12.7 Å². The molecular formula is C27H25F3O3. The first-order chi connectivity index (χ1) is 16.0. The van der Waals surface area contributed by atoms with E-state index in [1.807, 2.05) is 0 Å². The third-order valence-corrected chi connectivity index (χ3v) is 6.28. The maximum Gasteiger partial charge on any atom is 0.167 e. The first-order valence-corrected chi connectivity index (χ1v) is 11.2. The normalized spacial score (nSPS) is 22.2. The zero-order valence-corrected chi connectivity index (χ0v) is 18.3. The van der Waals surface area contributed by atoms with Crippen molar-refractivity contribution >= 4 is 0 Å². The fraction of sp³-hybridized carbons (Fsp3) is 0.333. The van der Waals surface area contributed by atoms with Gasteiger partial charge in [-0.15, -0.1) is 0 Å². The first kappa shape index (κ1) is 22.0. The number of hydrogen-bond donors (Lipinski definition) is 0. The highest BCUT2D eigenvalue weighted by Gasteiger charge is 2.30. The zero-order valence-electron chi connectivity index (χ0n) is 18.3. The van der Waals surface area contributed by atoms with Gasteiger partial charge >= 0.3 is 0 Å². The summed E-state index contributed by atoms with van der Waals surface area (Å²) in [6, 6.07) is 14.8. The van der Waals surface area contributed by atoms with Crippen molar-refractivity contribution in [3.8, 4) is 28.0 Å². The molecule has 5 rings (SSSR count).